The van der Waals surface area contributed by atoms with Crippen LogP contribution in [0.4, 0.5) is 11.8 Å². The molecule has 8 heteroatoms. The maximum atomic E-state index is 13.3. The number of rotatable bonds is 4. The summed E-state index contributed by atoms with van der Waals surface area (Å²) in [4.78, 5) is 28.3. The van der Waals surface area contributed by atoms with Crippen LogP contribution >= 0.6 is 11.3 Å². The normalized spacial score (nSPS) is 22.4. The van der Waals surface area contributed by atoms with E-state index >= 15 is 0 Å². The van der Waals surface area contributed by atoms with Gasteiger partial charge in [0.15, 0.2) is 0 Å². The lowest BCUT2D eigenvalue weighted by molar-refractivity contribution is 0.473. The summed E-state index contributed by atoms with van der Waals surface area (Å²) in [6.45, 7) is 5.05. The fourth-order valence-electron chi connectivity index (χ4n) is 4.46. The van der Waals surface area contributed by atoms with E-state index in [-0.39, 0.29) is 11.6 Å². The summed E-state index contributed by atoms with van der Waals surface area (Å²) < 4.78 is 1.07. The zero-order valence-electron chi connectivity index (χ0n) is 17.3. The lowest BCUT2D eigenvalue weighted by Crippen LogP contribution is -2.41. The molecule has 2 aliphatic rings. The summed E-state index contributed by atoms with van der Waals surface area (Å²) >= 11 is 1.54. The Morgan fingerprint density at radius 1 is 1.17 bits per heavy atom. The van der Waals surface area contributed by atoms with Crippen LogP contribution < -0.4 is 21.1 Å². The minimum absolute atomic E-state index is 0.122. The molecule has 0 spiro atoms. The number of H-pyrrole nitrogens is 1. The van der Waals surface area contributed by atoms with Crippen LogP contribution in [0.25, 0.3) is 20.8 Å². The largest absolute Gasteiger partial charge is 0.365 e. The van der Waals surface area contributed by atoms with Crippen molar-refractivity contribution in [2.45, 2.75) is 51.1 Å². The van der Waals surface area contributed by atoms with Crippen LogP contribution in [0.5, 0.6) is 0 Å². The van der Waals surface area contributed by atoms with Gasteiger partial charge in [0, 0.05) is 25.2 Å². The number of nitrogens with zero attached hydrogens (tertiary/aromatic N) is 3. The molecule has 5 rings (SSSR count). The highest BCUT2D eigenvalue weighted by molar-refractivity contribution is 7.21. The third-order valence-corrected chi connectivity index (χ3v) is 7.18. The molecule has 2 aliphatic heterocycles. The first-order valence-electron chi connectivity index (χ1n) is 10.9. The van der Waals surface area contributed by atoms with Gasteiger partial charge in [0.25, 0.3) is 5.56 Å². The molecule has 7 nitrogen and oxygen atoms in total. The van der Waals surface area contributed by atoms with Crippen molar-refractivity contribution in [2.24, 2.45) is 0 Å². The van der Waals surface area contributed by atoms with E-state index in [1.807, 2.05) is 24.3 Å². The summed E-state index contributed by atoms with van der Waals surface area (Å²) in [7, 11) is 0. The van der Waals surface area contributed by atoms with E-state index in [4.69, 9.17) is 9.97 Å². The van der Waals surface area contributed by atoms with Crippen LogP contribution in [0, 0.1) is 0 Å². The third-order valence-electron chi connectivity index (χ3n) is 6.13. The maximum Gasteiger partial charge on any atom is 0.264 e. The fourth-order valence-corrected chi connectivity index (χ4v) is 5.47. The summed E-state index contributed by atoms with van der Waals surface area (Å²) in [6.07, 6.45) is 5.66. The number of anilines is 2. The van der Waals surface area contributed by atoms with Crippen molar-refractivity contribution in [3.63, 3.8) is 0 Å². The number of fused-ring (bicyclic) bond motifs is 1. The molecule has 2 fully saturated rings. The number of piperidine rings is 2. The molecule has 0 radical (unpaired) electrons. The third kappa shape index (κ3) is 3.81. The molecule has 0 amide bonds. The summed E-state index contributed by atoms with van der Waals surface area (Å²) in [6, 6.07) is 8.63. The number of thiazole rings is 1. The smallest absolute Gasteiger partial charge is 0.264 e. The highest BCUT2D eigenvalue weighted by atomic mass is 32.1. The van der Waals surface area contributed by atoms with Gasteiger partial charge in [0.1, 0.15) is 16.4 Å². The van der Waals surface area contributed by atoms with E-state index in [0.29, 0.717) is 23.4 Å². The molecule has 1 aromatic carbocycles. The van der Waals surface area contributed by atoms with Crippen LogP contribution in [-0.4, -0.2) is 46.7 Å². The number of para-hydroxylation sites is 1. The summed E-state index contributed by atoms with van der Waals surface area (Å²) in [5, 5.41) is 7.73. The average Bonchev–Trinajstić information content (AvgIpc) is 3.18. The molecular weight excluding hydrogens is 396 g/mol. The first-order chi connectivity index (χ1) is 14.7. The molecule has 2 atom stereocenters. The summed E-state index contributed by atoms with van der Waals surface area (Å²) in [5.74, 6) is 1.32. The number of nitrogens with one attached hydrogen (secondary N) is 3. The zero-order valence-corrected chi connectivity index (χ0v) is 18.1. The van der Waals surface area contributed by atoms with E-state index in [2.05, 4.69) is 27.4 Å². The van der Waals surface area contributed by atoms with Gasteiger partial charge < -0.3 is 15.5 Å². The molecule has 30 heavy (non-hydrogen) atoms. The van der Waals surface area contributed by atoms with Crippen molar-refractivity contribution < 1.29 is 0 Å². The lowest BCUT2D eigenvalue weighted by atomic mass is 10.0. The number of hydrogen-bond donors (Lipinski definition) is 3. The van der Waals surface area contributed by atoms with E-state index in [1.165, 1.54) is 6.42 Å². The molecule has 1 unspecified atom stereocenters. The highest BCUT2D eigenvalue weighted by Crippen LogP contribution is 2.33. The van der Waals surface area contributed by atoms with Gasteiger partial charge in [-0.2, -0.15) is 4.98 Å². The van der Waals surface area contributed by atoms with Gasteiger partial charge in [-0.05, 0) is 57.7 Å². The molecule has 2 aromatic heterocycles. The van der Waals surface area contributed by atoms with E-state index in [9.17, 15) is 4.79 Å². The SMILES string of the molecule is CC1CCCCN1c1nc(N[C@@H]2CCCNC2)c(-c2nc3ccccc3s2)c(=O)[nH]1. The lowest BCUT2D eigenvalue weighted by Gasteiger charge is -2.34. The van der Waals surface area contributed by atoms with Crippen molar-refractivity contribution in [3.05, 3.63) is 34.6 Å². The number of aromatic amines is 1. The monoisotopic (exact) mass is 424 g/mol. The van der Waals surface area contributed by atoms with Gasteiger partial charge in [-0.1, -0.05) is 12.1 Å². The number of aromatic nitrogens is 3. The Bertz CT molecular complexity index is 1050. The Labute approximate surface area is 179 Å². The Morgan fingerprint density at radius 3 is 2.87 bits per heavy atom. The van der Waals surface area contributed by atoms with Crippen LogP contribution in [0.3, 0.4) is 0 Å². The molecule has 0 aliphatic carbocycles. The quantitative estimate of drug-likeness (QED) is 0.593. The van der Waals surface area contributed by atoms with E-state index in [1.54, 1.807) is 11.3 Å². The predicted octanol–water partition coefficient (Wildman–Crippen LogP) is 3.59. The van der Waals surface area contributed by atoms with Gasteiger partial charge in [-0.25, -0.2) is 4.98 Å². The molecule has 3 N–H and O–H groups in total. The van der Waals surface area contributed by atoms with E-state index in [0.717, 1.165) is 60.5 Å². The second kappa shape index (κ2) is 8.35. The molecule has 2 saturated heterocycles. The highest BCUT2D eigenvalue weighted by Gasteiger charge is 2.25. The van der Waals surface area contributed by atoms with Crippen LogP contribution in [0.1, 0.15) is 39.0 Å². The molecular formula is C22H28N6OS. The molecule has 0 bridgehead atoms. The van der Waals surface area contributed by atoms with Crippen LogP contribution in [-0.2, 0) is 0 Å². The number of hydrogen-bond acceptors (Lipinski definition) is 7. The Hall–Kier alpha value is -2.45. The Kier molecular flexibility index (Phi) is 5.43. The first-order valence-corrected chi connectivity index (χ1v) is 11.7. The van der Waals surface area contributed by atoms with Crippen molar-refractivity contribution in [2.75, 3.05) is 29.9 Å². The van der Waals surface area contributed by atoms with Gasteiger partial charge in [0.2, 0.25) is 5.95 Å². The minimum atomic E-state index is -0.122. The Balaban J connectivity index is 1.59. The van der Waals surface area contributed by atoms with Gasteiger partial charge in [-0.3, -0.25) is 9.78 Å². The molecule has 158 valence electrons. The molecule has 4 heterocycles. The van der Waals surface area contributed by atoms with Crippen molar-refractivity contribution in [1.82, 2.24) is 20.3 Å². The van der Waals surface area contributed by atoms with E-state index < -0.39 is 0 Å². The number of benzene rings is 1. The van der Waals surface area contributed by atoms with Crippen molar-refractivity contribution >= 4 is 33.3 Å². The van der Waals surface area contributed by atoms with Crippen molar-refractivity contribution in [1.29, 1.82) is 0 Å². The first kappa shape index (κ1) is 19.5. The van der Waals surface area contributed by atoms with Crippen LogP contribution in [0.2, 0.25) is 0 Å². The maximum absolute atomic E-state index is 13.3. The van der Waals surface area contributed by atoms with Gasteiger partial charge >= 0.3 is 0 Å². The molecule has 0 saturated carbocycles. The van der Waals surface area contributed by atoms with Crippen LogP contribution in [0.15, 0.2) is 29.1 Å². The minimum Gasteiger partial charge on any atom is -0.365 e. The fraction of sp³-hybridized carbons (Fsp3) is 0.500. The second-order valence-electron chi connectivity index (χ2n) is 8.33. The standard InChI is InChI=1S/C22H28N6OS/c1-14-7-4-5-12-28(14)22-26-19(24-15-8-6-11-23-13-15)18(20(29)27-22)21-25-16-9-2-3-10-17(16)30-21/h2-3,9-10,14-15,23H,4-8,11-13H2,1H3,(H2,24,26,27,29)/t14?,15-/m1/s1. The van der Waals surface area contributed by atoms with Gasteiger partial charge in [-0.15, -0.1) is 11.3 Å². The topological polar surface area (TPSA) is 85.9 Å². The zero-order chi connectivity index (χ0) is 20.5. The Morgan fingerprint density at radius 2 is 2.07 bits per heavy atom. The second-order valence-corrected chi connectivity index (χ2v) is 9.36. The summed E-state index contributed by atoms with van der Waals surface area (Å²) in [5.41, 5.74) is 1.34. The van der Waals surface area contributed by atoms with Gasteiger partial charge in [0.05, 0.1) is 10.2 Å². The predicted molar refractivity (Wildman–Crippen MR) is 124 cm³/mol. The van der Waals surface area contributed by atoms with Crippen molar-refractivity contribution in [3.8, 4) is 10.6 Å². The average molecular weight is 425 g/mol. The molecule has 3 aromatic rings.